The Morgan fingerprint density at radius 1 is 1.21 bits per heavy atom. The van der Waals surface area contributed by atoms with Gasteiger partial charge in [-0.3, -0.25) is 4.79 Å². The molecule has 28 heavy (non-hydrogen) atoms. The first-order chi connectivity index (χ1) is 13.7. The summed E-state index contributed by atoms with van der Waals surface area (Å²) in [7, 11) is 0. The van der Waals surface area contributed by atoms with E-state index in [1.807, 2.05) is 41.0 Å². The molecule has 1 aromatic carbocycles. The highest BCUT2D eigenvalue weighted by atomic mass is 16.1. The van der Waals surface area contributed by atoms with Crippen molar-refractivity contribution < 1.29 is 4.79 Å². The van der Waals surface area contributed by atoms with Crippen molar-refractivity contribution in [3.63, 3.8) is 0 Å². The molecule has 0 saturated heterocycles. The predicted octanol–water partition coefficient (Wildman–Crippen LogP) is 2.80. The van der Waals surface area contributed by atoms with E-state index in [0.717, 1.165) is 24.1 Å². The van der Waals surface area contributed by atoms with Crippen LogP contribution in [0.5, 0.6) is 0 Å². The molecular formula is C20H17N7O. The zero-order valence-corrected chi connectivity index (χ0v) is 15.0. The Morgan fingerprint density at radius 2 is 2.07 bits per heavy atom. The van der Waals surface area contributed by atoms with Crippen LogP contribution in [0.1, 0.15) is 34.8 Å². The first-order valence-corrected chi connectivity index (χ1v) is 9.16. The van der Waals surface area contributed by atoms with Gasteiger partial charge in [-0.05, 0) is 36.6 Å². The Hall–Kier alpha value is -3.73. The number of amides is 1. The number of nitrogens with zero attached hydrogens (tertiary/aromatic N) is 5. The molecular weight excluding hydrogens is 354 g/mol. The number of carbonyl (C=O) groups is 1. The molecule has 3 heterocycles. The molecule has 0 bridgehead atoms. The Labute approximate surface area is 161 Å². The van der Waals surface area contributed by atoms with Gasteiger partial charge in [0.15, 0.2) is 5.82 Å². The number of pyridine rings is 1. The van der Waals surface area contributed by atoms with E-state index in [1.54, 1.807) is 6.33 Å². The number of hydrogen-bond acceptors (Lipinski definition) is 6. The predicted molar refractivity (Wildman–Crippen MR) is 102 cm³/mol. The lowest BCUT2D eigenvalue weighted by atomic mass is 9.81. The summed E-state index contributed by atoms with van der Waals surface area (Å²) < 4.78 is 1.99. The fraction of sp³-hybridized carbons (Fsp3) is 0.250. The molecule has 1 amide bonds. The van der Waals surface area contributed by atoms with Gasteiger partial charge in [0.05, 0.1) is 23.2 Å². The summed E-state index contributed by atoms with van der Waals surface area (Å²) in [4.78, 5) is 16.8. The van der Waals surface area contributed by atoms with Gasteiger partial charge in [0.2, 0.25) is 0 Å². The highest BCUT2D eigenvalue weighted by molar-refractivity contribution is 6.04. The van der Waals surface area contributed by atoms with Crippen LogP contribution < -0.4 is 10.6 Å². The highest BCUT2D eigenvalue weighted by Gasteiger charge is 2.32. The van der Waals surface area contributed by atoms with E-state index in [0.29, 0.717) is 29.4 Å². The van der Waals surface area contributed by atoms with Crippen LogP contribution in [0.15, 0.2) is 42.7 Å². The maximum Gasteiger partial charge on any atom is 0.254 e. The van der Waals surface area contributed by atoms with Crippen molar-refractivity contribution in [3.8, 4) is 17.6 Å². The molecule has 2 aliphatic rings. The lowest BCUT2D eigenvalue weighted by molar-refractivity contribution is 0.0966. The van der Waals surface area contributed by atoms with Crippen molar-refractivity contribution in [2.24, 2.45) is 5.92 Å². The van der Waals surface area contributed by atoms with Crippen LogP contribution >= 0.6 is 0 Å². The molecule has 2 aromatic heterocycles. The third-order valence-corrected chi connectivity index (χ3v) is 5.32. The van der Waals surface area contributed by atoms with Crippen molar-refractivity contribution in [3.05, 3.63) is 53.9 Å². The average molecular weight is 371 g/mol. The van der Waals surface area contributed by atoms with E-state index in [1.165, 1.54) is 0 Å². The van der Waals surface area contributed by atoms with Crippen molar-refractivity contribution in [1.82, 2.24) is 25.1 Å². The summed E-state index contributed by atoms with van der Waals surface area (Å²) in [5.74, 6) is 1.34. The Balaban J connectivity index is 1.44. The van der Waals surface area contributed by atoms with E-state index in [2.05, 4.69) is 31.9 Å². The average Bonchev–Trinajstić information content (AvgIpc) is 3.29. The van der Waals surface area contributed by atoms with E-state index >= 15 is 0 Å². The molecule has 8 heteroatoms. The van der Waals surface area contributed by atoms with E-state index in [9.17, 15) is 4.79 Å². The van der Waals surface area contributed by atoms with Gasteiger partial charge in [-0.1, -0.05) is 18.2 Å². The smallest absolute Gasteiger partial charge is 0.254 e. The molecule has 0 spiro atoms. The van der Waals surface area contributed by atoms with Crippen LogP contribution in [-0.4, -0.2) is 25.7 Å². The van der Waals surface area contributed by atoms with Crippen molar-refractivity contribution in [2.75, 3.05) is 5.32 Å². The zero-order chi connectivity index (χ0) is 19.1. The molecule has 0 atom stereocenters. The molecule has 0 unspecified atom stereocenters. The van der Waals surface area contributed by atoms with Gasteiger partial charge in [0, 0.05) is 12.6 Å². The van der Waals surface area contributed by atoms with Gasteiger partial charge in [-0.15, -0.1) is 10.2 Å². The van der Waals surface area contributed by atoms with Crippen LogP contribution in [0.3, 0.4) is 0 Å². The maximum absolute atomic E-state index is 12.1. The first-order valence-electron chi connectivity index (χ1n) is 9.16. The van der Waals surface area contributed by atoms with Crippen molar-refractivity contribution >= 4 is 17.4 Å². The number of aromatic nitrogens is 4. The maximum atomic E-state index is 12.1. The van der Waals surface area contributed by atoms with Gasteiger partial charge in [0.1, 0.15) is 17.8 Å². The number of nitrogens with one attached hydrogen (secondary N) is 2. The SMILES string of the molecule is N#C[C@H]1C[C@H](n2cnnc2-c2cccc(Nc3cccc4c3C(=O)NC4)n2)C1. The first kappa shape index (κ1) is 16.4. The molecule has 1 saturated carbocycles. The fourth-order valence-electron chi connectivity index (χ4n) is 3.76. The van der Waals surface area contributed by atoms with Gasteiger partial charge in [-0.2, -0.15) is 5.26 Å². The molecule has 2 N–H and O–H groups in total. The summed E-state index contributed by atoms with van der Waals surface area (Å²) in [6.45, 7) is 0.547. The summed E-state index contributed by atoms with van der Waals surface area (Å²) in [5, 5.41) is 23.4. The van der Waals surface area contributed by atoms with Crippen LogP contribution in [0.4, 0.5) is 11.5 Å². The summed E-state index contributed by atoms with van der Waals surface area (Å²) in [6, 6.07) is 13.9. The number of nitriles is 1. The second kappa shape index (κ2) is 6.46. The van der Waals surface area contributed by atoms with Gasteiger partial charge in [0.25, 0.3) is 5.91 Å². The molecule has 1 fully saturated rings. The van der Waals surface area contributed by atoms with E-state index in [-0.39, 0.29) is 17.9 Å². The van der Waals surface area contributed by atoms with Gasteiger partial charge >= 0.3 is 0 Å². The Bertz CT molecular complexity index is 1110. The van der Waals surface area contributed by atoms with Crippen molar-refractivity contribution in [2.45, 2.75) is 25.4 Å². The Morgan fingerprint density at radius 3 is 2.93 bits per heavy atom. The molecule has 138 valence electrons. The Kier molecular flexibility index (Phi) is 3.79. The van der Waals surface area contributed by atoms with Crippen LogP contribution in [0.2, 0.25) is 0 Å². The number of hydrogen-bond donors (Lipinski definition) is 2. The summed E-state index contributed by atoms with van der Waals surface area (Å²) in [5.41, 5.74) is 3.06. The summed E-state index contributed by atoms with van der Waals surface area (Å²) in [6.07, 6.45) is 3.32. The third kappa shape index (κ3) is 2.68. The molecule has 5 rings (SSSR count). The minimum atomic E-state index is -0.0778. The number of benzene rings is 1. The van der Waals surface area contributed by atoms with Gasteiger partial charge in [-0.25, -0.2) is 4.98 Å². The van der Waals surface area contributed by atoms with E-state index < -0.39 is 0 Å². The topological polar surface area (TPSA) is 109 Å². The zero-order valence-electron chi connectivity index (χ0n) is 15.0. The fourth-order valence-corrected chi connectivity index (χ4v) is 3.76. The highest BCUT2D eigenvalue weighted by Crippen LogP contribution is 2.39. The number of anilines is 2. The third-order valence-electron chi connectivity index (χ3n) is 5.32. The quantitative estimate of drug-likeness (QED) is 0.730. The standard InChI is InChI=1S/C20H17N7O/c21-9-12-7-14(8-12)27-11-23-26-19(27)16-5-2-6-17(25-16)24-15-4-1-3-13-10-22-20(28)18(13)15/h1-6,11-12,14H,7-8,10H2,(H,22,28)(H,24,25)/t12-,14-. The van der Waals surface area contributed by atoms with Crippen molar-refractivity contribution in [1.29, 1.82) is 5.26 Å². The monoisotopic (exact) mass is 371 g/mol. The number of rotatable bonds is 4. The van der Waals surface area contributed by atoms with Crippen LogP contribution in [-0.2, 0) is 6.54 Å². The second-order valence-electron chi connectivity index (χ2n) is 7.07. The normalized spacial score (nSPS) is 20.0. The van der Waals surface area contributed by atoms with Gasteiger partial charge < -0.3 is 15.2 Å². The summed E-state index contributed by atoms with van der Waals surface area (Å²) >= 11 is 0. The van der Waals surface area contributed by atoms with Crippen LogP contribution in [0, 0.1) is 17.2 Å². The number of fused-ring (bicyclic) bond motifs is 1. The second-order valence-corrected chi connectivity index (χ2v) is 7.07. The minimum absolute atomic E-state index is 0.0778. The largest absolute Gasteiger partial charge is 0.348 e. The molecule has 3 aromatic rings. The molecule has 1 aliphatic heterocycles. The van der Waals surface area contributed by atoms with E-state index in [4.69, 9.17) is 5.26 Å². The minimum Gasteiger partial charge on any atom is -0.348 e. The number of carbonyl (C=O) groups excluding carboxylic acids is 1. The lowest BCUT2D eigenvalue weighted by Gasteiger charge is -2.32. The molecule has 0 radical (unpaired) electrons. The lowest BCUT2D eigenvalue weighted by Crippen LogP contribution is -2.25. The molecule has 1 aliphatic carbocycles. The van der Waals surface area contributed by atoms with Crippen LogP contribution in [0.25, 0.3) is 11.5 Å². The molecule has 8 nitrogen and oxygen atoms in total.